The summed E-state index contributed by atoms with van der Waals surface area (Å²) in [4.78, 5) is 0. The lowest BCUT2D eigenvalue weighted by Gasteiger charge is -2.35. The smallest absolute Gasteiger partial charge is 0.142 e. The van der Waals surface area contributed by atoms with Crippen LogP contribution < -0.4 is 10.1 Å². The Hall–Kier alpha value is -1.18. The van der Waals surface area contributed by atoms with Gasteiger partial charge in [0.15, 0.2) is 0 Å². The Morgan fingerprint density at radius 2 is 2.00 bits per heavy atom. The van der Waals surface area contributed by atoms with E-state index in [1.165, 1.54) is 0 Å². The summed E-state index contributed by atoms with van der Waals surface area (Å²) in [6.45, 7) is 7.49. The predicted molar refractivity (Wildman–Crippen MR) is 58.8 cm³/mol. The second-order valence-corrected chi connectivity index (χ2v) is 4.85. The van der Waals surface area contributed by atoms with Crippen molar-refractivity contribution in [2.24, 2.45) is 5.41 Å². The first-order valence-corrected chi connectivity index (χ1v) is 5.07. The van der Waals surface area contributed by atoms with Crippen molar-refractivity contribution in [1.82, 2.24) is 0 Å². The average molecular weight is 191 g/mol. The topological polar surface area (TPSA) is 21.3 Å². The summed E-state index contributed by atoms with van der Waals surface area (Å²) >= 11 is 0. The number of fused-ring (bicyclic) bond motifs is 1. The van der Waals surface area contributed by atoms with E-state index in [-0.39, 0.29) is 11.5 Å². The largest absolute Gasteiger partial charge is 0.486 e. The molecule has 0 amide bonds. The zero-order chi connectivity index (χ0) is 10.2. The molecule has 0 radical (unpaired) electrons. The minimum absolute atomic E-state index is 0.181. The number of para-hydroxylation sites is 2. The molecule has 1 aromatic rings. The summed E-state index contributed by atoms with van der Waals surface area (Å²) in [6, 6.07) is 8.09. The maximum atomic E-state index is 5.93. The third-order valence-corrected chi connectivity index (χ3v) is 2.60. The lowest BCUT2D eigenvalue weighted by Crippen LogP contribution is -2.40. The fourth-order valence-corrected chi connectivity index (χ4v) is 1.60. The second-order valence-electron chi connectivity index (χ2n) is 4.85. The van der Waals surface area contributed by atoms with E-state index in [9.17, 15) is 0 Å². The summed E-state index contributed by atoms with van der Waals surface area (Å²) in [5, 5.41) is 3.39. The fraction of sp³-hybridized carbons (Fsp3) is 0.500. The van der Waals surface area contributed by atoms with Gasteiger partial charge >= 0.3 is 0 Å². The van der Waals surface area contributed by atoms with Crippen molar-refractivity contribution in [3.8, 4) is 5.75 Å². The number of anilines is 1. The van der Waals surface area contributed by atoms with E-state index >= 15 is 0 Å². The van der Waals surface area contributed by atoms with Crippen LogP contribution in [0, 0.1) is 5.41 Å². The van der Waals surface area contributed by atoms with Gasteiger partial charge in [0.2, 0.25) is 0 Å². The molecular weight excluding hydrogens is 174 g/mol. The van der Waals surface area contributed by atoms with Crippen molar-refractivity contribution in [2.75, 3.05) is 11.9 Å². The van der Waals surface area contributed by atoms with Crippen LogP contribution in [0.25, 0.3) is 0 Å². The minimum Gasteiger partial charge on any atom is -0.486 e. The molecule has 1 unspecified atom stereocenters. The predicted octanol–water partition coefficient (Wildman–Crippen LogP) is 2.91. The van der Waals surface area contributed by atoms with Crippen LogP contribution in [0.3, 0.4) is 0 Å². The zero-order valence-corrected chi connectivity index (χ0v) is 9.00. The Morgan fingerprint density at radius 1 is 1.29 bits per heavy atom. The van der Waals surface area contributed by atoms with E-state index < -0.39 is 0 Å². The summed E-state index contributed by atoms with van der Waals surface area (Å²) in [5.41, 5.74) is 1.29. The van der Waals surface area contributed by atoms with Crippen molar-refractivity contribution >= 4 is 5.69 Å². The van der Waals surface area contributed by atoms with E-state index in [0.29, 0.717) is 0 Å². The van der Waals surface area contributed by atoms with Crippen LogP contribution in [0.2, 0.25) is 0 Å². The fourth-order valence-electron chi connectivity index (χ4n) is 1.60. The van der Waals surface area contributed by atoms with Crippen LogP contribution in [-0.2, 0) is 0 Å². The molecule has 0 spiro atoms. The number of hydrogen-bond donors (Lipinski definition) is 1. The Morgan fingerprint density at radius 3 is 2.71 bits per heavy atom. The zero-order valence-electron chi connectivity index (χ0n) is 9.00. The molecule has 0 fully saturated rings. The van der Waals surface area contributed by atoms with E-state index in [4.69, 9.17) is 4.74 Å². The second kappa shape index (κ2) is 3.19. The Bertz CT molecular complexity index is 327. The van der Waals surface area contributed by atoms with E-state index in [0.717, 1.165) is 18.0 Å². The standard InChI is InChI=1S/C12H17NO/c1-12(2,3)11-8-13-9-6-4-5-7-10(9)14-11/h4-7,11,13H,8H2,1-3H3. The lowest BCUT2D eigenvalue weighted by atomic mass is 9.88. The lowest BCUT2D eigenvalue weighted by molar-refractivity contribution is 0.0922. The van der Waals surface area contributed by atoms with E-state index in [1.54, 1.807) is 0 Å². The normalized spacial score (nSPS) is 20.6. The van der Waals surface area contributed by atoms with Gasteiger partial charge in [-0.25, -0.2) is 0 Å². The molecule has 1 aliphatic heterocycles. The highest BCUT2D eigenvalue weighted by Crippen LogP contribution is 2.33. The first kappa shape index (κ1) is 9.38. The molecule has 0 aliphatic carbocycles. The van der Waals surface area contributed by atoms with Gasteiger partial charge in [0, 0.05) is 5.41 Å². The molecule has 1 heterocycles. The molecule has 0 saturated carbocycles. The van der Waals surface area contributed by atoms with Crippen LogP contribution in [-0.4, -0.2) is 12.6 Å². The Kier molecular flexibility index (Phi) is 2.14. The van der Waals surface area contributed by atoms with Gasteiger partial charge in [0.25, 0.3) is 0 Å². The van der Waals surface area contributed by atoms with E-state index in [2.05, 4.69) is 26.1 Å². The molecule has 1 aliphatic rings. The first-order chi connectivity index (χ1) is 6.57. The monoisotopic (exact) mass is 191 g/mol. The average Bonchev–Trinajstić information content (AvgIpc) is 2.16. The molecule has 76 valence electrons. The van der Waals surface area contributed by atoms with Crippen LogP contribution >= 0.6 is 0 Å². The maximum Gasteiger partial charge on any atom is 0.142 e. The molecule has 0 aromatic heterocycles. The molecule has 2 rings (SSSR count). The maximum absolute atomic E-state index is 5.93. The number of hydrogen-bond acceptors (Lipinski definition) is 2. The molecule has 0 saturated heterocycles. The van der Waals surface area contributed by atoms with Gasteiger partial charge in [-0.1, -0.05) is 32.9 Å². The molecule has 1 atom stereocenters. The van der Waals surface area contributed by atoms with Crippen molar-refractivity contribution < 1.29 is 4.74 Å². The minimum atomic E-state index is 0.181. The number of benzene rings is 1. The third-order valence-electron chi connectivity index (χ3n) is 2.60. The van der Waals surface area contributed by atoms with Gasteiger partial charge in [-0.3, -0.25) is 0 Å². The highest BCUT2D eigenvalue weighted by Gasteiger charge is 2.29. The van der Waals surface area contributed by atoms with Crippen molar-refractivity contribution in [3.05, 3.63) is 24.3 Å². The molecular formula is C12H17NO. The van der Waals surface area contributed by atoms with Crippen molar-refractivity contribution in [3.63, 3.8) is 0 Å². The molecule has 1 N–H and O–H groups in total. The van der Waals surface area contributed by atoms with Crippen molar-refractivity contribution in [1.29, 1.82) is 0 Å². The Labute approximate surface area is 85.3 Å². The highest BCUT2D eigenvalue weighted by atomic mass is 16.5. The van der Waals surface area contributed by atoms with E-state index in [1.807, 2.05) is 24.3 Å². The number of ether oxygens (including phenoxy) is 1. The van der Waals surface area contributed by atoms with Gasteiger partial charge < -0.3 is 10.1 Å². The third kappa shape index (κ3) is 1.69. The Balaban J connectivity index is 2.22. The summed E-state index contributed by atoms with van der Waals surface area (Å²) < 4.78 is 5.93. The van der Waals surface area contributed by atoms with Crippen LogP contribution in [0.1, 0.15) is 20.8 Å². The summed E-state index contributed by atoms with van der Waals surface area (Å²) in [5.74, 6) is 0.971. The quantitative estimate of drug-likeness (QED) is 0.680. The molecule has 0 bridgehead atoms. The number of rotatable bonds is 0. The summed E-state index contributed by atoms with van der Waals surface area (Å²) in [7, 11) is 0. The van der Waals surface area contributed by atoms with Crippen molar-refractivity contribution in [2.45, 2.75) is 26.9 Å². The SMILES string of the molecule is CC(C)(C)C1CNc2ccccc2O1. The summed E-state index contributed by atoms with van der Waals surface area (Å²) in [6.07, 6.45) is 0.248. The van der Waals surface area contributed by atoms with Gasteiger partial charge in [-0.05, 0) is 12.1 Å². The molecule has 14 heavy (non-hydrogen) atoms. The van der Waals surface area contributed by atoms with Crippen LogP contribution in [0.4, 0.5) is 5.69 Å². The molecule has 2 heteroatoms. The number of nitrogens with one attached hydrogen (secondary N) is 1. The first-order valence-electron chi connectivity index (χ1n) is 5.07. The highest BCUT2D eigenvalue weighted by molar-refractivity contribution is 5.57. The van der Waals surface area contributed by atoms with Gasteiger partial charge in [-0.2, -0.15) is 0 Å². The van der Waals surface area contributed by atoms with Gasteiger partial charge in [0.1, 0.15) is 11.9 Å². The van der Waals surface area contributed by atoms with Crippen LogP contribution in [0.15, 0.2) is 24.3 Å². The van der Waals surface area contributed by atoms with Gasteiger partial charge in [-0.15, -0.1) is 0 Å². The van der Waals surface area contributed by atoms with Crippen LogP contribution in [0.5, 0.6) is 5.75 Å². The molecule has 2 nitrogen and oxygen atoms in total. The van der Waals surface area contributed by atoms with Gasteiger partial charge in [0.05, 0.1) is 12.2 Å². The molecule has 1 aromatic carbocycles.